The lowest BCUT2D eigenvalue weighted by molar-refractivity contribution is 0.262. The Hall–Kier alpha value is -4.52. The molecule has 0 fully saturated rings. The number of amides is 2. The SMILES string of the molecule is Cc1ccncc1-c1cc2cc(NC(=O)Nc3cnn([C@H](C)C#N)c3)ncc2c(N)n1. The van der Waals surface area contributed by atoms with E-state index >= 15 is 0 Å². The van der Waals surface area contributed by atoms with E-state index < -0.39 is 12.1 Å². The van der Waals surface area contributed by atoms with E-state index in [0.717, 1.165) is 16.5 Å². The topological polar surface area (TPSA) is 147 Å². The summed E-state index contributed by atoms with van der Waals surface area (Å²) in [6.07, 6.45) is 8.08. The van der Waals surface area contributed by atoms with Crippen LogP contribution in [0.2, 0.25) is 0 Å². The van der Waals surface area contributed by atoms with Crippen LogP contribution in [0, 0.1) is 18.3 Å². The van der Waals surface area contributed by atoms with Crippen LogP contribution in [0.3, 0.4) is 0 Å². The summed E-state index contributed by atoms with van der Waals surface area (Å²) in [6.45, 7) is 3.68. The van der Waals surface area contributed by atoms with E-state index in [4.69, 9.17) is 11.0 Å². The van der Waals surface area contributed by atoms with Gasteiger partial charge in [0, 0.05) is 29.5 Å². The van der Waals surface area contributed by atoms with Gasteiger partial charge in [0.15, 0.2) is 0 Å². The van der Waals surface area contributed by atoms with Crippen LogP contribution in [0.4, 0.5) is 22.1 Å². The predicted molar refractivity (Wildman–Crippen MR) is 117 cm³/mol. The smallest absolute Gasteiger partial charge is 0.324 e. The van der Waals surface area contributed by atoms with Gasteiger partial charge in [-0.25, -0.2) is 14.8 Å². The zero-order valence-corrected chi connectivity index (χ0v) is 16.9. The van der Waals surface area contributed by atoms with Crippen molar-refractivity contribution in [3.05, 3.63) is 54.7 Å². The number of urea groups is 1. The van der Waals surface area contributed by atoms with Crippen molar-refractivity contribution >= 4 is 34.1 Å². The number of fused-ring (bicyclic) bond motifs is 1. The van der Waals surface area contributed by atoms with Crippen molar-refractivity contribution in [1.29, 1.82) is 5.26 Å². The highest BCUT2D eigenvalue weighted by molar-refractivity contribution is 6.01. The van der Waals surface area contributed by atoms with Gasteiger partial charge in [0.1, 0.15) is 17.7 Å². The van der Waals surface area contributed by atoms with Crippen molar-refractivity contribution in [2.75, 3.05) is 16.4 Å². The fourth-order valence-electron chi connectivity index (χ4n) is 3.06. The zero-order chi connectivity index (χ0) is 22.0. The number of rotatable bonds is 4. The summed E-state index contributed by atoms with van der Waals surface area (Å²) >= 11 is 0. The van der Waals surface area contributed by atoms with Crippen LogP contribution in [0.25, 0.3) is 22.0 Å². The minimum atomic E-state index is -0.485. The number of aromatic nitrogens is 5. The fourth-order valence-corrected chi connectivity index (χ4v) is 3.06. The predicted octanol–water partition coefficient (Wildman–Crippen LogP) is 3.51. The Morgan fingerprint density at radius 2 is 2.10 bits per heavy atom. The first-order valence-corrected chi connectivity index (χ1v) is 9.43. The number of hydrogen-bond donors (Lipinski definition) is 3. The molecule has 4 N–H and O–H groups in total. The lowest BCUT2D eigenvalue weighted by Gasteiger charge is -2.10. The molecule has 0 radical (unpaired) electrons. The molecular formula is C21H19N9O. The second kappa shape index (κ2) is 8.08. The normalized spacial score (nSPS) is 11.6. The Bertz CT molecular complexity index is 1320. The average molecular weight is 413 g/mol. The van der Waals surface area contributed by atoms with Gasteiger partial charge in [0.2, 0.25) is 0 Å². The van der Waals surface area contributed by atoms with Gasteiger partial charge in [-0.3, -0.25) is 15.0 Å². The Morgan fingerprint density at radius 1 is 1.26 bits per heavy atom. The standard InChI is InChI=1S/C21H19N9O/c1-12-3-4-24-9-16(12)18-5-14-6-19(25-10-17(14)20(23)28-18)29-21(31)27-15-8-26-30(11-15)13(2)7-22/h3-6,8-11,13H,1-2H3,(H2,23,28)(H2,25,27,29,31)/t13-/m1/s1. The molecule has 0 bridgehead atoms. The van der Waals surface area contributed by atoms with Gasteiger partial charge >= 0.3 is 6.03 Å². The minimum Gasteiger partial charge on any atom is -0.383 e. The molecule has 0 saturated carbocycles. The first-order chi connectivity index (χ1) is 14.9. The molecule has 31 heavy (non-hydrogen) atoms. The molecule has 2 amide bonds. The van der Waals surface area contributed by atoms with E-state index in [9.17, 15) is 4.79 Å². The second-order valence-electron chi connectivity index (χ2n) is 6.97. The van der Waals surface area contributed by atoms with Crippen LogP contribution < -0.4 is 16.4 Å². The maximum absolute atomic E-state index is 12.4. The third-order valence-electron chi connectivity index (χ3n) is 4.74. The number of nitrogens with zero attached hydrogens (tertiary/aromatic N) is 6. The lowest BCUT2D eigenvalue weighted by atomic mass is 10.1. The Balaban J connectivity index is 1.57. The second-order valence-corrected chi connectivity index (χ2v) is 6.97. The number of pyridine rings is 3. The molecule has 0 aromatic carbocycles. The van der Waals surface area contributed by atoms with E-state index in [2.05, 4.69) is 36.8 Å². The molecule has 4 rings (SSSR count). The maximum atomic E-state index is 12.4. The van der Waals surface area contributed by atoms with Crippen LogP contribution in [-0.4, -0.2) is 30.8 Å². The summed E-state index contributed by atoms with van der Waals surface area (Å²) < 4.78 is 1.46. The summed E-state index contributed by atoms with van der Waals surface area (Å²) in [5.41, 5.74) is 9.19. The molecule has 10 heteroatoms. The number of nitrogens with two attached hydrogens (primary N) is 1. The Morgan fingerprint density at radius 3 is 2.87 bits per heavy atom. The maximum Gasteiger partial charge on any atom is 0.324 e. The van der Waals surface area contributed by atoms with Crippen LogP contribution in [-0.2, 0) is 0 Å². The molecule has 4 aromatic rings. The summed E-state index contributed by atoms with van der Waals surface area (Å²) in [5.74, 6) is 0.695. The van der Waals surface area contributed by atoms with Gasteiger partial charge in [-0.05, 0) is 43.0 Å². The van der Waals surface area contributed by atoms with Gasteiger partial charge in [-0.1, -0.05) is 0 Å². The highest BCUT2D eigenvalue weighted by atomic mass is 16.2. The molecule has 0 unspecified atom stereocenters. The summed E-state index contributed by atoms with van der Waals surface area (Å²) in [6, 6.07) is 6.67. The van der Waals surface area contributed by atoms with E-state index in [1.165, 1.54) is 10.9 Å². The van der Waals surface area contributed by atoms with E-state index in [1.807, 2.05) is 19.1 Å². The number of carbonyl (C=O) groups is 1. The number of hydrogen-bond acceptors (Lipinski definition) is 7. The first kappa shape index (κ1) is 19.8. The number of nitriles is 1. The summed E-state index contributed by atoms with van der Waals surface area (Å²) in [7, 11) is 0. The highest BCUT2D eigenvalue weighted by Gasteiger charge is 2.12. The van der Waals surface area contributed by atoms with E-state index in [1.54, 1.807) is 37.8 Å². The van der Waals surface area contributed by atoms with Gasteiger partial charge in [-0.15, -0.1) is 0 Å². The number of aryl methyl sites for hydroxylation is 1. The molecule has 0 aliphatic carbocycles. The third kappa shape index (κ3) is 4.11. The highest BCUT2D eigenvalue weighted by Crippen LogP contribution is 2.28. The molecule has 10 nitrogen and oxygen atoms in total. The van der Waals surface area contributed by atoms with Crippen molar-refractivity contribution in [3.63, 3.8) is 0 Å². The van der Waals surface area contributed by atoms with Crippen molar-refractivity contribution in [3.8, 4) is 17.3 Å². The third-order valence-corrected chi connectivity index (χ3v) is 4.74. The Kier molecular flexibility index (Phi) is 5.15. The van der Waals surface area contributed by atoms with Crippen LogP contribution in [0.1, 0.15) is 18.5 Å². The van der Waals surface area contributed by atoms with Gasteiger partial charge in [-0.2, -0.15) is 10.4 Å². The zero-order valence-electron chi connectivity index (χ0n) is 16.9. The van der Waals surface area contributed by atoms with Crippen LogP contribution in [0.5, 0.6) is 0 Å². The molecule has 4 aromatic heterocycles. The molecular weight excluding hydrogens is 394 g/mol. The van der Waals surface area contributed by atoms with Gasteiger partial charge in [0.05, 0.1) is 29.8 Å². The van der Waals surface area contributed by atoms with Crippen molar-refractivity contribution in [2.24, 2.45) is 0 Å². The summed E-state index contributed by atoms with van der Waals surface area (Å²) in [4.78, 5) is 25.2. The first-order valence-electron chi connectivity index (χ1n) is 9.43. The molecule has 0 aliphatic heterocycles. The quantitative estimate of drug-likeness (QED) is 0.464. The minimum absolute atomic E-state index is 0.346. The number of carbonyl (C=O) groups excluding carboxylic acids is 1. The molecule has 0 spiro atoms. The van der Waals surface area contributed by atoms with Crippen molar-refractivity contribution < 1.29 is 4.79 Å². The van der Waals surface area contributed by atoms with Crippen molar-refractivity contribution in [1.82, 2.24) is 24.7 Å². The molecule has 1 atom stereocenters. The number of nitrogen functional groups attached to an aromatic ring is 1. The van der Waals surface area contributed by atoms with Crippen LogP contribution >= 0.6 is 0 Å². The number of anilines is 3. The van der Waals surface area contributed by atoms with Gasteiger partial charge in [0.25, 0.3) is 0 Å². The molecule has 4 heterocycles. The van der Waals surface area contributed by atoms with E-state index in [0.29, 0.717) is 28.4 Å². The van der Waals surface area contributed by atoms with Crippen LogP contribution in [0.15, 0.2) is 49.2 Å². The largest absolute Gasteiger partial charge is 0.383 e. The molecule has 154 valence electrons. The average Bonchev–Trinajstić information content (AvgIpc) is 3.21. The monoisotopic (exact) mass is 413 g/mol. The van der Waals surface area contributed by atoms with E-state index in [-0.39, 0.29) is 0 Å². The number of nitrogens with one attached hydrogen (secondary N) is 2. The molecule has 0 saturated heterocycles. The summed E-state index contributed by atoms with van der Waals surface area (Å²) in [5, 5.41) is 19.8. The van der Waals surface area contributed by atoms with Gasteiger partial charge < -0.3 is 11.1 Å². The fraction of sp³-hybridized carbons (Fsp3) is 0.143. The molecule has 0 aliphatic rings. The lowest BCUT2D eigenvalue weighted by Crippen LogP contribution is -2.19. The van der Waals surface area contributed by atoms with Crippen molar-refractivity contribution in [2.45, 2.75) is 19.9 Å². The Labute approximate surface area is 177 Å².